The molecule has 1 aromatic carbocycles. The lowest BCUT2D eigenvalue weighted by atomic mass is 9.49. The Bertz CT molecular complexity index is 684. The monoisotopic (exact) mass is 387 g/mol. The van der Waals surface area contributed by atoms with Gasteiger partial charge in [-0.2, -0.15) is 0 Å². The average molecular weight is 388 g/mol. The van der Waals surface area contributed by atoms with E-state index in [0.29, 0.717) is 24.4 Å². The van der Waals surface area contributed by atoms with Crippen LogP contribution in [-0.2, 0) is 4.79 Å². The van der Waals surface area contributed by atoms with Crippen LogP contribution in [0.25, 0.3) is 0 Å². The van der Waals surface area contributed by atoms with Crippen LogP contribution in [-0.4, -0.2) is 31.4 Å². The second-order valence-electron chi connectivity index (χ2n) is 9.14. The van der Waals surface area contributed by atoms with Crippen molar-refractivity contribution in [2.45, 2.75) is 49.8 Å². The number of rotatable bonds is 5. The predicted molar refractivity (Wildman–Crippen MR) is 106 cm³/mol. The number of hydrogen-bond acceptors (Lipinski definition) is 4. The van der Waals surface area contributed by atoms with Crippen LogP contribution < -0.4 is 14.8 Å². The fourth-order valence-corrected chi connectivity index (χ4v) is 6.98. The van der Waals surface area contributed by atoms with Crippen molar-refractivity contribution >= 4 is 17.7 Å². The molecule has 5 aliphatic rings. The zero-order valence-electron chi connectivity index (χ0n) is 15.9. The van der Waals surface area contributed by atoms with Crippen molar-refractivity contribution in [2.75, 3.05) is 25.5 Å². The van der Waals surface area contributed by atoms with Gasteiger partial charge in [0.15, 0.2) is 11.5 Å². The first kappa shape index (κ1) is 17.7. The van der Waals surface area contributed by atoms with Gasteiger partial charge < -0.3 is 14.8 Å². The van der Waals surface area contributed by atoms with Gasteiger partial charge in [-0.25, -0.2) is 0 Å². The van der Waals surface area contributed by atoms with Gasteiger partial charge in [0.2, 0.25) is 5.91 Å². The molecule has 0 unspecified atom stereocenters. The molecule has 1 aromatic rings. The second kappa shape index (κ2) is 7.23. The molecule has 0 atom stereocenters. The maximum absolute atomic E-state index is 12.5. The molecule has 0 radical (unpaired) electrons. The van der Waals surface area contributed by atoms with Crippen molar-refractivity contribution in [2.24, 2.45) is 23.2 Å². The first-order valence-corrected chi connectivity index (χ1v) is 11.5. The topological polar surface area (TPSA) is 47.6 Å². The van der Waals surface area contributed by atoms with Gasteiger partial charge in [0.25, 0.3) is 0 Å². The minimum Gasteiger partial charge on any atom is -0.490 e. The molecule has 0 aromatic heterocycles. The molecule has 1 aliphatic heterocycles. The van der Waals surface area contributed by atoms with E-state index >= 15 is 0 Å². The first-order chi connectivity index (χ1) is 13.2. The Kier molecular flexibility index (Phi) is 4.75. The molecule has 0 spiro atoms. The molecule has 4 saturated carbocycles. The highest BCUT2D eigenvalue weighted by atomic mass is 32.2. The molecular formula is C22H29NO3S. The van der Waals surface area contributed by atoms with Crippen LogP contribution in [0.4, 0.5) is 0 Å². The number of carbonyl (C=O) groups excluding carboxylic acids is 1. The Balaban J connectivity index is 1.14. The summed E-state index contributed by atoms with van der Waals surface area (Å²) in [6.07, 6.45) is 9.29. The highest BCUT2D eigenvalue weighted by Crippen LogP contribution is 2.59. The van der Waals surface area contributed by atoms with Crippen molar-refractivity contribution < 1.29 is 14.3 Å². The largest absolute Gasteiger partial charge is 0.490 e. The van der Waals surface area contributed by atoms with E-state index in [1.807, 2.05) is 18.2 Å². The summed E-state index contributed by atoms with van der Waals surface area (Å²) in [6, 6.07) is 5.97. The fraction of sp³-hybridized carbons (Fsp3) is 0.682. The molecule has 27 heavy (non-hydrogen) atoms. The molecular weight excluding hydrogens is 358 g/mol. The molecule has 1 N–H and O–H groups in total. The van der Waals surface area contributed by atoms with Crippen LogP contribution in [0.5, 0.6) is 11.5 Å². The molecule has 4 fully saturated rings. The van der Waals surface area contributed by atoms with Crippen LogP contribution in [0.1, 0.15) is 44.9 Å². The molecule has 1 amide bonds. The predicted octanol–water partition coefficient (Wildman–Crippen LogP) is 4.27. The van der Waals surface area contributed by atoms with Crippen LogP contribution >= 0.6 is 11.8 Å². The summed E-state index contributed by atoms with van der Waals surface area (Å²) in [5.74, 6) is 5.03. The number of fused-ring (bicyclic) bond motifs is 1. The lowest BCUT2D eigenvalue weighted by molar-refractivity contribution is -0.120. The third-order valence-electron chi connectivity index (χ3n) is 6.91. The number of ether oxygens (including phenoxy) is 2. The number of benzene rings is 1. The summed E-state index contributed by atoms with van der Waals surface area (Å²) in [7, 11) is 0. The van der Waals surface area contributed by atoms with Crippen molar-refractivity contribution in [1.29, 1.82) is 0 Å². The molecule has 1 heterocycles. The zero-order valence-corrected chi connectivity index (χ0v) is 16.7. The lowest BCUT2D eigenvalue weighted by Gasteiger charge is -2.56. The number of hydrogen-bond donors (Lipinski definition) is 1. The third kappa shape index (κ3) is 3.80. The van der Waals surface area contributed by atoms with Crippen LogP contribution in [0.15, 0.2) is 23.1 Å². The maximum atomic E-state index is 12.5. The Morgan fingerprint density at radius 3 is 2.41 bits per heavy atom. The SMILES string of the molecule is O=C(CSc1ccc2c(c1)OCCCO2)NCC12CC3CC(CC(C3)C1)C2. The van der Waals surface area contributed by atoms with Gasteiger partial charge in [-0.05, 0) is 79.9 Å². The van der Waals surface area contributed by atoms with E-state index in [1.165, 1.54) is 38.5 Å². The molecule has 4 bridgehead atoms. The molecule has 4 nitrogen and oxygen atoms in total. The highest BCUT2D eigenvalue weighted by Gasteiger charge is 2.50. The normalized spacial score (nSPS) is 33.6. The van der Waals surface area contributed by atoms with Crippen molar-refractivity contribution in [3.63, 3.8) is 0 Å². The summed E-state index contributed by atoms with van der Waals surface area (Å²) in [4.78, 5) is 13.5. The van der Waals surface area contributed by atoms with E-state index in [4.69, 9.17) is 9.47 Å². The van der Waals surface area contributed by atoms with E-state index < -0.39 is 0 Å². The van der Waals surface area contributed by atoms with Gasteiger partial charge >= 0.3 is 0 Å². The van der Waals surface area contributed by atoms with Crippen molar-refractivity contribution in [3.8, 4) is 11.5 Å². The van der Waals surface area contributed by atoms with E-state index in [0.717, 1.165) is 47.1 Å². The summed E-state index contributed by atoms with van der Waals surface area (Å²) < 4.78 is 11.4. The standard InChI is InChI=1S/C22H29NO3S/c24-21(13-27-18-2-3-19-20(9-18)26-5-1-4-25-19)23-14-22-10-15-6-16(11-22)8-17(7-15)12-22/h2-3,9,15-17H,1,4-8,10-14H2,(H,23,24). The van der Waals surface area contributed by atoms with Gasteiger partial charge in [-0.3, -0.25) is 4.79 Å². The van der Waals surface area contributed by atoms with Crippen molar-refractivity contribution in [1.82, 2.24) is 5.32 Å². The Morgan fingerprint density at radius 1 is 1.04 bits per heavy atom. The summed E-state index contributed by atoms with van der Waals surface area (Å²) in [6.45, 7) is 2.27. The number of amides is 1. The van der Waals surface area contributed by atoms with E-state index in [9.17, 15) is 4.79 Å². The Morgan fingerprint density at radius 2 is 1.70 bits per heavy atom. The molecule has 5 heteroatoms. The Hall–Kier alpha value is -1.36. The van der Waals surface area contributed by atoms with Crippen LogP contribution in [0.3, 0.4) is 0 Å². The summed E-state index contributed by atoms with van der Waals surface area (Å²) in [5, 5.41) is 3.27. The minimum atomic E-state index is 0.155. The molecule has 6 rings (SSSR count). The number of thioether (sulfide) groups is 1. The first-order valence-electron chi connectivity index (χ1n) is 10.5. The van der Waals surface area contributed by atoms with Crippen molar-refractivity contribution in [3.05, 3.63) is 18.2 Å². The fourth-order valence-electron chi connectivity index (χ4n) is 6.23. The minimum absolute atomic E-state index is 0.155. The quantitative estimate of drug-likeness (QED) is 0.767. The smallest absolute Gasteiger partial charge is 0.230 e. The molecule has 4 aliphatic carbocycles. The number of nitrogens with one attached hydrogen (secondary N) is 1. The van der Waals surface area contributed by atoms with Crippen LogP contribution in [0.2, 0.25) is 0 Å². The van der Waals surface area contributed by atoms with Gasteiger partial charge in [0, 0.05) is 17.9 Å². The molecule has 0 saturated heterocycles. The molecule has 146 valence electrons. The van der Waals surface area contributed by atoms with E-state index in [1.54, 1.807) is 11.8 Å². The van der Waals surface area contributed by atoms with E-state index in [-0.39, 0.29) is 5.91 Å². The van der Waals surface area contributed by atoms with Gasteiger partial charge in [-0.15, -0.1) is 11.8 Å². The van der Waals surface area contributed by atoms with E-state index in [2.05, 4.69) is 5.32 Å². The Labute approximate surface area is 165 Å². The average Bonchev–Trinajstić information content (AvgIpc) is 2.88. The summed E-state index contributed by atoms with van der Waals surface area (Å²) >= 11 is 1.58. The number of carbonyl (C=O) groups is 1. The zero-order chi connectivity index (χ0) is 18.3. The summed E-state index contributed by atoms with van der Waals surface area (Å²) in [5.41, 5.74) is 0.407. The van der Waals surface area contributed by atoms with Crippen LogP contribution in [0, 0.1) is 23.2 Å². The highest BCUT2D eigenvalue weighted by molar-refractivity contribution is 8.00. The lowest BCUT2D eigenvalue weighted by Crippen LogP contribution is -2.51. The van der Waals surface area contributed by atoms with Gasteiger partial charge in [-0.1, -0.05) is 0 Å². The second-order valence-corrected chi connectivity index (χ2v) is 10.2. The van der Waals surface area contributed by atoms with Gasteiger partial charge in [0.05, 0.1) is 19.0 Å². The van der Waals surface area contributed by atoms with Gasteiger partial charge in [0.1, 0.15) is 0 Å². The third-order valence-corrected chi connectivity index (χ3v) is 7.91. The maximum Gasteiger partial charge on any atom is 0.230 e.